The van der Waals surface area contributed by atoms with Crippen molar-refractivity contribution in [2.24, 2.45) is 0 Å². The van der Waals surface area contributed by atoms with Gasteiger partial charge in [0.25, 0.3) is 0 Å². The van der Waals surface area contributed by atoms with Gasteiger partial charge in [-0.3, -0.25) is 0 Å². The fraction of sp³-hybridized carbons (Fsp3) is 0.529. The molecule has 9 heteroatoms. The number of fused-ring (bicyclic) bond motifs is 3. The minimum absolute atomic E-state index is 0.200. The van der Waals surface area contributed by atoms with Crippen molar-refractivity contribution in [1.29, 1.82) is 0 Å². The zero-order chi connectivity index (χ0) is 17.7. The Morgan fingerprint density at radius 3 is 2.81 bits per heavy atom. The van der Waals surface area contributed by atoms with E-state index in [4.69, 9.17) is 17.0 Å². The average molecular weight is 372 g/mol. The molecule has 0 spiro atoms. The summed E-state index contributed by atoms with van der Waals surface area (Å²) in [6.45, 7) is 2.20. The molecule has 3 fully saturated rings. The lowest BCUT2D eigenvalue weighted by molar-refractivity contribution is -0.139. The number of thiocarbonyl (C=S) groups is 1. The molecule has 5 rings (SSSR count). The van der Waals surface area contributed by atoms with Crippen molar-refractivity contribution in [1.82, 2.24) is 25.2 Å². The van der Waals surface area contributed by atoms with Crippen LogP contribution in [0.5, 0.6) is 0 Å². The summed E-state index contributed by atoms with van der Waals surface area (Å²) in [7, 11) is 0. The number of carbonyl (C=O) groups is 1. The maximum absolute atomic E-state index is 11.7. The fourth-order valence-electron chi connectivity index (χ4n) is 4.37. The summed E-state index contributed by atoms with van der Waals surface area (Å²) in [5, 5.41) is 4.94. The smallest absolute Gasteiger partial charge is 0.328 e. The summed E-state index contributed by atoms with van der Waals surface area (Å²) in [6.07, 6.45) is 6.38. The molecule has 3 unspecified atom stereocenters. The van der Waals surface area contributed by atoms with Gasteiger partial charge in [-0.1, -0.05) is 0 Å². The molecule has 26 heavy (non-hydrogen) atoms. The quantitative estimate of drug-likeness (QED) is 0.591. The predicted molar refractivity (Wildman–Crippen MR) is 99.8 cm³/mol. The van der Waals surface area contributed by atoms with Crippen LogP contribution in [0.4, 0.5) is 5.82 Å². The highest BCUT2D eigenvalue weighted by atomic mass is 32.1. The number of H-pyrrole nitrogens is 1. The monoisotopic (exact) mass is 372 g/mol. The molecule has 3 saturated heterocycles. The number of carbonyl (C=O) groups excluding carboxylic acids is 1. The van der Waals surface area contributed by atoms with Crippen molar-refractivity contribution in [3.63, 3.8) is 0 Å². The topological polar surface area (TPSA) is 86.4 Å². The van der Waals surface area contributed by atoms with E-state index in [2.05, 4.69) is 30.1 Å². The summed E-state index contributed by atoms with van der Waals surface area (Å²) in [5.74, 6) is 0.778. The maximum Gasteiger partial charge on any atom is 0.328 e. The lowest BCUT2D eigenvalue weighted by atomic mass is 10.2. The Labute approximate surface area is 155 Å². The first-order chi connectivity index (χ1) is 12.7. The van der Waals surface area contributed by atoms with Crippen LogP contribution in [0.2, 0.25) is 0 Å². The number of cyclic esters (lactones) is 1. The van der Waals surface area contributed by atoms with Gasteiger partial charge in [0.15, 0.2) is 5.11 Å². The molecular formula is C17H20N6O2S. The Kier molecular flexibility index (Phi) is 3.70. The van der Waals surface area contributed by atoms with Crippen LogP contribution in [0, 0.1) is 0 Å². The Balaban J connectivity index is 1.34. The molecular weight excluding hydrogens is 352 g/mol. The molecule has 0 amide bonds. The molecule has 5 heterocycles. The number of nitrogens with zero attached hydrogens (tertiary/aromatic N) is 4. The SMILES string of the molecule is O=C1OCCC1NC(=S)N1C2CCC1CN(c1ncnc3[nH]ccc13)C2. The zero-order valence-electron chi connectivity index (χ0n) is 14.2. The van der Waals surface area contributed by atoms with Crippen LogP contribution >= 0.6 is 12.2 Å². The van der Waals surface area contributed by atoms with E-state index in [1.807, 2.05) is 12.3 Å². The first-order valence-corrected chi connectivity index (χ1v) is 9.40. The van der Waals surface area contributed by atoms with Gasteiger partial charge < -0.3 is 24.8 Å². The van der Waals surface area contributed by atoms with Gasteiger partial charge >= 0.3 is 5.97 Å². The van der Waals surface area contributed by atoms with E-state index in [0.717, 1.165) is 42.8 Å². The summed E-state index contributed by atoms with van der Waals surface area (Å²) in [6, 6.07) is 2.38. The van der Waals surface area contributed by atoms with Crippen LogP contribution in [0.25, 0.3) is 11.0 Å². The van der Waals surface area contributed by atoms with Crippen molar-refractivity contribution >= 4 is 40.2 Å². The van der Waals surface area contributed by atoms with Crippen LogP contribution < -0.4 is 10.2 Å². The summed E-state index contributed by atoms with van der Waals surface area (Å²) in [5.41, 5.74) is 0.863. The average Bonchev–Trinajstić information content (AvgIpc) is 3.33. The van der Waals surface area contributed by atoms with E-state index in [-0.39, 0.29) is 12.0 Å². The van der Waals surface area contributed by atoms with Crippen LogP contribution in [0.1, 0.15) is 19.3 Å². The molecule has 0 aliphatic carbocycles. The summed E-state index contributed by atoms with van der Waals surface area (Å²) >= 11 is 5.63. The van der Waals surface area contributed by atoms with Gasteiger partial charge in [-0.2, -0.15) is 0 Å². The molecule has 0 aromatic carbocycles. The second kappa shape index (κ2) is 6.08. The largest absolute Gasteiger partial charge is 0.464 e. The van der Waals surface area contributed by atoms with Crippen LogP contribution in [-0.4, -0.2) is 68.8 Å². The standard InChI is InChI=1S/C17H20N6O2S/c24-16-13(4-6-25-16)21-17(26)23-10-1-2-11(23)8-22(7-10)15-12-3-5-18-14(12)19-9-20-15/h3,5,9-11,13H,1-2,4,6-8H2,(H,21,26)(H,18,19,20). The molecule has 0 radical (unpaired) electrons. The number of ether oxygens (including phenoxy) is 1. The van der Waals surface area contributed by atoms with E-state index < -0.39 is 0 Å². The number of aromatic nitrogens is 3. The fourth-order valence-corrected chi connectivity index (χ4v) is 4.81. The number of aromatic amines is 1. The maximum atomic E-state index is 11.7. The third-order valence-corrected chi connectivity index (χ3v) is 5.91. The highest BCUT2D eigenvalue weighted by Gasteiger charge is 2.43. The summed E-state index contributed by atoms with van der Waals surface area (Å²) in [4.78, 5) is 28.3. The third kappa shape index (κ3) is 2.49. The molecule has 2 aromatic heterocycles. The first-order valence-electron chi connectivity index (χ1n) is 8.99. The van der Waals surface area contributed by atoms with Crippen LogP contribution in [-0.2, 0) is 9.53 Å². The minimum atomic E-state index is -0.304. The molecule has 3 aliphatic rings. The first kappa shape index (κ1) is 15.8. The second-order valence-electron chi connectivity index (χ2n) is 7.09. The minimum Gasteiger partial charge on any atom is -0.464 e. The Bertz CT molecular complexity index is 856. The molecule has 2 N–H and O–H groups in total. The molecule has 2 bridgehead atoms. The van der Waals surface area contributed by atoms with Crippen molar-refractivity contribution in [2.75, 3.05) is 24.6 Å². The van der Waals surface area contributed by atoms with Gasteiger partial charge in [0, 0.05) is 37.8 Å². The highest BCUT2D eigenvalue weighted by molar-refractivity contribution is 7.80. The lowest BCUT2D eigenvalue weighted by Crippen LogP contribution is -2.59. The highest BCUT2D eigenvalue weighted by Crippen LogP contribution is 2.34. The van der Waals surface area contributed by atoms with E-state index in [1.165, 1.54) is 0 Å². The molecule has 136 valence electrons. The van der Waals surface area contributed by atoms with Crippen molar-refractivity contribution in [3.8, 4) is 0 Å². The number of rotatable bonds is 2. The van der Waals surface area contributed by atoms with Crippen LogP contribution in [0.15, 0.2) is 18.6 Å². The Morgan fingerprint density at radius 2 is 2.08 bits per heavy atom. The molecule has 3 aliphatic heterocycles. The van der Waals surface area contributed by atoms with E-state index >= 15 is 0 Å². The van der Waals surface area contributed by atoms with Gasteiger partial charge in [0.2, 0.25) is 0 Å². The van der Waals surface area contributed by atoms with E-state index in [1.54, 1.807) is 6.33 Å². The Hall–Kier alpha value is -2.42. The van der Waals surface area contributed by atoms with Gasteiger partial charge in [0.1, 0.15) is 23.8 Å². The van der Waals surface area contributed by atoms with E-state index in [0.29, 0.717) is 30.2 Å². The van der Waals surface area contributed by atoms with Gasteiger partial charge in [0.05, 0.1) is 12.0 Å². The number of hydrogen-bond acceptors (Lipinski definition) is 6. The molecule has 2 aromatic rings. The molecule has 0 saturated carbocycles. The van der Waals surface area contributed by atoms with Crippen molar-refractivity contribution in [2.45, 2.75) is 37.4 Å². The number of nitrogens with one attached hydrogen (secondary N) is 2. The van der Waals surface area contributed by atoms with Gasteiger partial charge in [-0.15, -0.1) is 0 Å². The predicted octanol–water partition coefficient (Wildman–Crippen LogP) is 0.801. The molecule has 3 atom stereocenters. The van der Waals surface area contributed by atoms with Crippen molar-refractivity contribution in [3.05, 3.63) is 18.6 Å². The number of piperazine rings is 1. The summed E-state index contributed by atoms with van der Waals surface area (Å²) < 4.78 is 5.03. The van der Waals surface area contributed by atoms with Crippen LogP contribution in [0.3, 0.4) is 0 Å². The number of esters is 1. The Morgan fingerprint density at radius 1 is 1.27 bits per heavy atom. The normalized spacial score (nSPS) is 27.8. The number of anilines is 1. The third-order valence-electron chi connectivity index (χ3n) is 5.58. The van der Waals surface area contributed by atoms with Crippen molar-refractivity contribution < 1.29 is 9.53 Å². The van der Waals surface area contributed by atoms with E-state index in [9.17, 15) is 4.79 Å². The lowest BCUT2D eigenvalue weighted by Gasteiger charge is -2.43. The number of hydrogen-bond donors (Lipinski definition) is 2. The molecule has 8 nitrogen and oxygen atoms in total. The van der Waals surface area contributed by atoms with Gasteiger partial charge in [-0.25, -0.2) is 14.8 Å². The van der Waals surface area contributed by atoms with Gasteiger partial charge in [-0.05, 0) is 31.1 Å². The second-order valence-corrected chi connectivity index (χ2v) is 7.48. The zero-order valence-corrected chi connectivity index (χ0v) is 15.0.